The molecule has 1 aliphatic carbocycles. The van der Waals surface area contributed by atoms with E-state index in [1.54, 1.807) is 0 Å². The molecular formula is C35H49NO2. The van der Waals surface area contributed by atoms with E-state index in [0.717, 1.165) is 62.5 Å². The molecule has 1 saturated carbocycles. The highest BCUT2D eigenvalue weighted by molar-refractivity contribution is 5.85. The molecule has 0 radical (unpaired) electrons. The molecule has 0 N–H and O–H groups in total. The van der Waals surface area contributed by atoms with Crippen LogP contribution in [-0.4, -0.2) is 5.97 Å². The molecule has 3 heteroatoms. The second-order valence-corrected chi connectivity index (χ2v) is 11.6. The van der Waals surface area contributed by atoms with Gasteiger partial charge in [-0.3, -0.25) is 4.79 Å². The van der Waals surface area contributed by atoms with Crippen LogP contribution in [0.3, 0.4) is 0 Å². The number of ether oxygens (including phenoxy) is 1. The zero-order chi connectivity index (χ0) is 27.2. The number of carbonyl (C=O) groups is 1. The first-order valence-electron chi connectivity index (χ1n) is 15.4. The Morgan fingerprint density at radius 3 is 2.24 bits per heavy atom. The van der Waals surface area contributed by atoms with Gasteiger partial charge in [0.2, 0.25) is 0 Å². The molecular weight excluding hydrogens is 466 g/mol. The molecule has 1 unspecified atom stereocenters. The fourth-order valence-electron chi connectivity index (χ4n) is 6.01. The van der Waals surface area contributed by atoms with Gasteiger partial charge in [-0.2, -0.15) is 5.26 Å². The van der Waals surface area contributed by atoms with Crippen LogP contribution in [0, 0.1) is 17.2 Å². The summed E-state index contributed by atoms with van der Waals surface area (Å²) in [5.41, 5.74) is 3.38. The summed E-state index contributed by atoms with van der Waals surface area (Å²) in [6.07, 6.45) is 18.1. The molecule has 0 heterocycles. The summed E-state index contributed by atoms with van der Waals surface area (Å²) in [5.74, 6) is 0.862. The Morgan fingerprint density at radius 1 is 0.895 bits per heavy atom. The van der Waals surface area contributed by atoms with Crippen molar-refractivity contribution in [2.24, 2.45) is 5.92 Å². The molecule has 1 aliphatic rings. The maximum atomic E-state index is 13.8. The van der Waals surface area contributed by atoms with Crippen LogP contribution in [0.5, 0.6) is 5.75 Å². The van der Waals surface area contributed by atoms with Gasteiger partial charge < -0.3 is 4.74 Å². The number of esters is 1. The number of aryl methyl sites for hydroxylation is 1. The van der Waals surface area contributed by atoms with E-state index in [0.29, 0.717) is 17.2 Å². The van der Waals surface area contributed by atoms with Crippen LogP contribution in [0.15, 0.2) is 42.5 Å². The molecule has 3 nitrogen and oxygen atoms in total. The molecule has 2 aromatic carbocycles. The van der Waals surface area contributed by atoms with Gasteiger partial charge in [0, 0.05) is 0 Å². The number of nitrogens with zero attached hydrogens (tertiary/aromatic N) is 1. The molecule has 0 bridgehead atoms. The summed E-state index contributed by atoms with van der Waals surface area (Å²) in [6, 6.07) is 16.8. The average Bonchev–Trinajstić information content (AvgIpc) is 2.94. The maximum absolute atomic E-state index is 13.8. The zero-order valence-corrected chi connectivity index (χ0v) is 24.2. The summed E-state index contributed by atoms with van der Waals surface area (Å²) >= 11 is 0. The van der Waals surface area contributed by atoms with E-state index < -0.39 is 5.41 Å². The van der Waals surface area contributed by atoms with E-state index in [1.807, 2.05) is 18.2 Å². The molecule has 0 saturated heterocycles. The van der Waals surface area contributed by atoms with E-state index in [2.05, 4.69) is 51.1 Å². The van der Waals surface area contributed by atoms with Crippen LogP contribution in [0.25, 0.3) is 0 Å². The molecule has 0 aliphatic heterocycles. The van der Waals surface area contributed by atoms with Gasteiger partial charge in [-0.1, -0.05) is 122 Å². The summed E-state index contributed by atoms with van der Waals surface area (Å²) in [4.78, 5) is 13.8. The van der Waals surface area contributed by atoms with Crippen molar-refractivity contribution in [2.75, 3.05) is 0 Å². The van der Waals surface area contributed by atoms with Crippen molar-refractivity contribution in [1.82, 2.24) is 0 Å². The highest BCUT2D eigenvalue weighted by Crippen LogP contribution is 2.41. The highest BCUT2D eigenvalue weighted by Gasteiger charge is 2.43. The normalized spacial score (nSPS) is 15.5. The van der Waals surface area contributed by atoms with E-state index in [-0.39, 0.29) is 5.97 Å². The minimum atomic E-state index is -0.631. The third kappa shape index (κ3) is 8.45. The number of carbonyl (C=O) groups excluding carboxylic acids is 1. The van der Waals surface area contributed by atoms with E-state index in [1.165, 1.54) is 56.9 Å². The monoisotopic (exact) mass is 515 g/mol. The molecule has 0 amide bonds. The minimum absolute atomic E-state index is 0.207. The lowest BCUT2D eigenvalue weighted by Gasteiger charge is -2.35. The Bertz CT molecular complexity index is 1030. The van der Waals surface area contributed by atoms with Crippen LogP contribution in [0.1, 0.15) is 133 Å². The Balaban J connectivity index is 1.70. The van der Waals surface area contributed by atoms with Crippen molar-refractivity contribution in [3.05, 3.63) is 64.7 Å². The van der Waals surface area contributed by atoms with Crippen LogP contribution in [-0.2, 0) is 23.1 Å². The molecule has 1 atom stereocenters. The Labute approximate surface area is 232 Å². The summed E-state index contributed by atoms with van der Waals surface area (Å²) in [7, 11) is 0. The van der Waals surface area contributed by atoms with Crippen molar-refractivity contribution in [3.8, 4) is 11.8 Å². The predicted molar refractivity (Wildman–Crippen MR) is 157 cm³/mol. The smallest absolute Gasteiger partial charge is 0.321 e. The molecule has 1 fully saturated rings. The van der Waals surface area contributed by atoms with Gasteiger partial charge in [-0.25, -0.2) is 0 Å². The second-order valence-electron chi connectivity index (χ2n) is 11.6. The Hall–Kier alpha value is -2.60. The van der Waals surface area contributed by atoms with Gasteiger partial charge in [-0.15, -0.1) is 0 Å². The summed E-state index contributed by atoms with van der Waals surface area (Å²) in [6.45, 7) is 6.82. The van der Waals surface area contributed by atoms with Crippen LogP contribution >= 0.6 is 0 Å². The highest BCUT2D eigenvalue weighted by atomic mass is 16.5. The van der Waals surface area contributed by atoms with Crippen molar-refractivity contribution in [2.45, 2.75) is 129 Å². The summed E-state index contributed by atoms with van der Waals surface area (Å²) in [5, 5.41) is 9.82. The van der Waals surface area contributed by atoms with Crippen molar-refractivity contribution in [3.63, 3.8) is 0 Å². The number of hydrogen-bond donors (Lipinski definition) is 0. The third-order valence-electron chi connectivity index (χ3n) is 8.43. The number of unbranched alkanes of at least 4 members (excludes halogenated alkanes) is 6. The van der Waals surface area contributed by atoms with Gasteiger partial charge in [0.1, 0.15) is 11.8 Å². The van der Waals surface area contributed by atoms with E-state index in [9.17, 15) is 10.1 Å². The van der Waals surface area contributed by atoms with Gasteiger partial charge in [0.25, 0.3) is 0 Å². The Kier molecular flexibility index (Phi) is 12.4. The number of hydrogen-bond acceptors (Lipinski definition) is 3. The molecule has 0 aromatic heterocycles. The summed E-state index contributed by atoms with van der Waals surface area (Å²) < 4.78 is 6.03. The minimum Gasteiger partial charge on any atom is -0.424 e. The topological polar surface area (TPSA) is 50.1 Å². The standard InChI is InChI=1S/C35H49NO2/c1-4-6-8-9-12-16-29-19-22-33(31(26-29)27-36)38-34(37)35(23-13-10-14-24-35)32-20-17-30(18-21-32)25-28(3)15-11-7-5-2/h17-22,26,28H,4-16,23-25H2,1-3H3. The van der Waals surface area contributed by atoms with Gasteiger partial charge in [0.05, 0.1) is 11.0 Å². The average molecular weight is 516 g/mol. The van der Waals surface area contributed by atoms with Gasteiger partial charge >= 0.3 is 5.97 Å². The molecule has 2 aromatic rings. The lowest BCUT2D eigenvalue weighted by molar-refractivity contribution is -0.142. The third-order valence-corrected chi connectivity index (χ3v) is 8.43. The number of nitriles is 1. The van der Waals surface area contributed by atoms with Crippen molar-refractivity contribution < 1.29 is 9.53 Å². The van der Waals surface area contributed by atoms with E-state index >= 15 is 0 Å². The first-order valence-corrected chi connectivity index (χ1v) is 15.4. The predicted octanol–water partition coefficient (Wildman–Crippen LogP) is 9.64. The van der Waals surface area contributed by atoms with E-state index in [4.69, 9.17) is 4.74 Å². The fraction of sp³-hybridized carbons (Fsp3) is 0.600. The SMILES string of the molecule is CCCCCCCc1ccc(OC(=O)C2(c3ccc(CC(C)CCCCC)cc3)CCCCC2)c(C#N)c1. The Morgan fingerprint density at radius 2 is 1.55 bits per heavy atom. The fourth-order valence-corrected chi connectivity index (χ4v) is 6.01. The van der Waals surface area contributed by atoms with Crippen LogP contribution in [0.4, 0.5) is 0 Å². The zero-order valence-electron chi connectivity index (χ0n) is 24.2. The molecule has 206 valence electrons. The molecule has 0 spiro atoms. The first-order chi connectivity index (χ1) is 18.5. The molecule has 38 heavy (non-hydrogen) atoms. The van der Waals surface area contributed by atoms with Crippen molar-refractivity contribution >= 4 is 5.97 Å². The maximum Gasteiger partial charge on any atom is 0.321 e. The van der Waals surface area contributed by atoms with Gasteiger partial charge in [0.15, 0.2) is 0 Å². The molecule has 3 rings (SSSR count). The van der Waals surface area contributed by atoms with Crippen LogP contribution < -0.4 is 4.74 Å². The number of benzene rings is 2. The quantitative estimate of drug-likeness (QED) is 0.135. The lowest BCUT2D eigenvalue weighted by Crippen LogP contribution is -2.41. The van der Waals surface area contributed by atoms with Crippen molar-refractivity contribution in [1.29, 1.82) is 5.26 Å². The lowest BCUT2D eigenvalue weighted by atomic mass is 9.69. The van der Waals surface area contributed by atoms with Gasteiger partial charge in [-0.05, 0) is 66.8 Å². The number of rotatable bonds is 15. The largest absolute Gasteiger partial charge is 0.424 e. The second kappa shape index (κ2) is 15.7. The van der Waals surface area contributed by atoms with Crippen LogP contribution in [0.2, 0.25) is 0 Å². The first kappa shape index (κ1) is 29.9.